The van der Waals surface area contributed by atoms with E-state index in [1.807, 2.05) is 0 Å². The molecule has 2 nitrogen and oxygen atoms in total. The SMILES string of the molecule is CC1CCN(c2ccc(F)c(F)c2)CCCN1. The van der Waals surface area contributed by atoms with Gasteiger partial charge in [0.25, 0.3) is 0 Å². The Morgan fingerprint density at radius 3 is 2.82 bits per heavy atom. The van der Waals surface area contributed by atoms with Crippen molar-refractivity contribution in [3.63, 3.8) is 0 Å². The van der Waals surface area contributed by atoms with Crippen molar-refractivity contribution in [2.75, 3.05) is 24.5 Å². The molecule has 0 aromatic heterocycles. The number of benzene rings is 1. The molecule has 0 aliphatic carbocycles. The van der Waals surface area contributed by atoms with Crippen LogP contribution in [0.2, 0.25) is 0 Å². The Morgan fingerprint density at radius 1 is 1.24 bits per heavy atom. The summed E-state index contributed by atoms with van der Waals surface area (Å²) >= 11 is 0. The van der Waals surface area contributed by atoms with Crippen LogP contribution in [0.15, 0.2) is 18.2 Å². The number of hydrogen-bond donors (Lipinski definition) is 1. The molecular weight excluding hydrogens is 222 g/mol. The molecule has 1 saturated heterocycles. The first kappa shape index (κ1) is 12.3. The van der Waals surface area contributed by atoms with E-state index in [2.05, 4.69) is 17.1 Å². The normalized spacial score (nSPS) is 22.1. The maximum atomic E-state index is 13.2. The molecule has 1 heterocycles. The second-order valence-corrected chi connectivity index (χ2v) is 4.58. The molecule has 94 valence electrons. The fourth-order valence-electron chi connectivity index (χ4n) is 2.12. The third-order valence-corrected chi connectivity index (χ3v) is 3.20. The lowest BCUT2D eigenvalue weighted by Gasteiger charge is -2.29. The molecule has 17 heavy (non-hydrogen) atoms. The third kappa shape index (κ3) is 3.16. The van der Waals surface area contributed by atoms with Crippen LogP contribution in [-0.4, -0.2) is 25.7 Å². The van der Waals surface area contributed by atoms with Crippen LogP contribution in [0.4, 0.5) is 14.5 Å². The quantitative estimate of drug-likeness (QED) is 0.811. The first-order valence-corrected chi connectivity index (χ1v) is 6.10. The van der Waals surface area contributed by atoms with Crippen LogP contribution in [0.1, 0.15) is 19.8 Å². The van der Waals surface area contributed by atoms with Gasteiger partial charge in [-0.2, -0.15) is 0 Å². The fourth-order valence-corrected chi connectivity index (χ4v) is 2.12. The minimum absolute atomic E-state index is 0.475. The van der Waals surface area contributed by atoms with Crippen LogP contribution >= 0.6 is 0 Å². The van der Waals surface area contributed by atoms with Crippen molar-refractivity contribution < 1.29 is 8.78 Å². The zero-order valence-electron chi connectivity index (χ0n) is 10.0. The van der Waals surface area contributed by atoms with Crippen LogP contribution in [0.3, 0.4) is 0 Å². The van der Waals surface area contributed by atoms with E-state index in [0.29, 0.717) is 6.04 Å². The lowest BCUT2D eigenvalue weighted by molar-refractivity contribution is 0.473. The highest BCUT2D eigenvalue weighted by atomic mass is 19.2. The Bertz CT molecular complexity index is 382. The summed E-state index contributed by atoms with van der Waals surface area (Å²) in [5, 5.41) is 3.42. The first-order chi connectivity index (χ1) is 8.16. The molecule has 0 amide bonds. The van der Waals surface area contributed by atoms with E-state index in [1.165, 1.54) is 12.1 Å². The van der Waals surface area contributed by atoms with Gasteiger partial charge in [0, 0.05) is 30.9 Å². The van der Waals surface area contributed by atoms with Gasteiger partial charge >= 0.3 is 0 Å². The molecule has 4 heteroatoms. The molecule has 1 aromatic rings. The largest absolute Gasteiger partial charge is 0.371 e. The van der Waals surface area contributed by atoms with Crippen molar-refractivity contribution in [1.29, 1.82) is 0 Å². The highest BCUT2D eigenvalue weighted by Gasteiger charge is 2.13. The molecule has 0 bridgehead atoms. The van der Waals surface area contributed by atoms with E-state index < -0.39 is 11.6 Å². The molecule has 0 radical (unpaired) electrons. The van der Waals surface area contributed by atoms with Gasteiger partial charge in [0.1, 0.15) is 0 Å². The second-order valence-electron chi connectivity index (χ2n) is 4.58. The zero-order valence-corrected chi connectivity index (χ0v) is 10.0. The highest BCUT2D eigenvalue weighted by Crippen LogP contribution is 2.19. The van der Waals surface area contributed by atoms with E-state index in [0.717, 1.165) is 38.2 Å². The summed E-state index contributed by atoms with van der Waals surface area (Å²) in [5.41, 5.74) is 0.776. The summed E-state index contributed by atoms with van der Waals surface area (Å²) in [6.07, 6.45) is 2.03. The van der Waals surface area contributed by atoms with E-state index in [1.54, 1.807) is 6.07 Å². The van der Waals surface area contributed by atoms with E-state index >= 15 is 0 Å². The van der Waals surface area contributed by atoms with Crippen molar-refractivity contribution in [1.82, 2.24) is 5.32 Å². The average molecular weight is 240 g/mol. The predicted molar refractivity (Wildman–Crippen MR) is 65.3 cm³/mol. The van der Waals surface area contributed by atoms with Crippen molar-refractivity contribution in [3.8, 4) is 0 Å². The van der Waals surface area contributed by atoms with E-state index in [9.17, 15) is 8.78 Å². The molecule has 1 N–H and O–H groups in total. The monoisotopic (exact) mass is 240 g/mol. The Kier molecular flexibility index (Phi) is 3.94. The van der Waals surface area contributed by atoms with Gasteiger partial charge in [0.2, 0.25) is 0 Å². The third-order valence-electron chi connectivity index (χ3n) is 3.20. The van der Waals surface area contributed by atoms with Gasteiger partial charge in [0.05, 0.1) is 0 Å². The van der Waals surface area contributed by atoms with Gasteiger partial charge in [-0.15, -0.1) is 0 Å². The Labute approximate surface area is 101 Å². The fraction of sp³-hybridized carbons (Fsp3) is 0.538. The first-order valence-electron chi connectivity index (χ1n) is 6.10. The molecule has 1 unspecified atom stereocenters. The van der Waals surface area contributed by atoms with Crippen LogP contribution in [-0.2, 0) is 0 Å². The van der Waals surface area contributed by atoms with Crippen LogP contribution in [0.5, 0.6) is 0 Å². The molecule has 1 fully saturated rings. The molecule has 2 rings (SSSR count). The maximum absolute atomic E-state index is 13.2. The van der Waals surface area contributed by atoms with Crippen LogP contribution < -0.4 is 10.2 Å². The summed E-state index contributed by atoms with van der Waals surface area (Å²) in [5.74, 6) is -1.55. The summed E-state index contributed by atoms with van der Waals surface area (Å²) in [7, 11) is 0. The van der Waals surface area contributed by atoms with Gasteiger partial charge < -0.3 is 10.2 Å². The zero-order chi connectivity index (χ0) is 12.3. The van der Waals surface area contributed by atoms with Gasteiger partial charge in [-0.3, -0.25) is 0 Å². The van der Waals surface area contributed by atoms with Crippen molar-refractivity contribution in [2.45, 2.75) is 25.8 Å². The van der Waals surface area contributed by atoms with Gasteiger partial charge in [-0.25, -0.2) is 8.78 Å². The number of anilines is 1. The number of halogens is 2. The topological polar surface area (TPSA) is 15.3 Å². The van der Waals surface area contributed by atoms with E-state index in [-0.39, 0.29) is 0 Å². The van der Waals surface area contributed by atoms with Gasteiger partial charge in [-0.05, 0) is 38.4 Å². The molecule has 1 atom stereocenters. The van der Waals surface area contributed by atoms with E-state index in [4.69, 9.17) is 0 Å². The molecule has 1 aromatic carbocycles. The Balaban J connectivity index is 2.10. The number of rotatable bonds is 1. The second kappa shape index (κ2) is 5.45. The Morgan fingerprint density at radius 2 is 2.06 bits per heavy atom. The maximum Gasteiger partial charge on any atom is 0.160 e. The minimum atomic E-state index is -0.782. The van der Waals surface area contributed by atoms with Crippen molar-refractivity contribution >= 4 is 5.69 Å². The van der Waals surface area contributed by atoms with Crippen LogP contribution in [0, 0.1) is 11.6 Å². The highest BCUT2D eigenvalue weighted by molar-refractivity contribution is 5.46. The van der Waals surface area contributed by atoms with Crippen molar-refractivity contribution in [3.05, 3.63) is 29.8 Å². The smallest absolute Gasteiger partial charge is 0.160 e. The molecule has 0 saturated carbocycles. The lowest BCUT2D eigenvalue weighted by atomic mass is 10.1. The van der Waals surface area contributed by atoms with Gasteiger partial charge in [0.15, 0.2) is 11.6 Å². The van der Waals surface area contributed by atoms with Crippen molar-refractivity contribution in [2.24, 2.45) is 0 Å². The standard InChI is InChI=1S/C13H18F2N2/c1-10-5-8-17(7-2-6-16-10)11-3-4-12(14)13(15)9-11/h3-4,9-10,16H,2,5-8H2,1H3. The number of hydrogen-bond acceptors (Lipinski definition) is 2. The molecule has 1 aliphatic heterocycles. The molecule has 1 aliphatic rings. The Hall–Kier alpha value is -1.16. The summed E-state index contributed by atoms with van der Waals surface area (Å²) in [6, 6.07) is 4.61. The molecular formula is C13H18F2N2. The molecule has 0 spiro atoms. The summed E-state index contributed by atoms with van der Waals surface area (Å²) in [4.78, 5) is 2.12. The average Bonchev–Trinajstić information content (AvgIpc) is 2.28. The number of nitrogens with one attached hydrogen (secondary N) is 1. The minimum Gasteiger partial charge on any atom is -0.371 e. The summed E-state index contributed by atoms with van der Waals surface area (Å²) in [6.45, 7) is 4.88. The number of nitrogens with zero attached hydrogens (tertiary/aromatic N) is 1. The lowest BCUT2D eigenvalue weighted by Crippen LogP contribution is -2.38. The van der Waals surface area contributed by atoms with Crippen LogP contribution in [0.25, 0.3) is 0 Å². The summed E-state index contributed by atoms with van der Waals surface area (Å²) < 4.78 is 26.0. The predicted octanol–water partition coefficient (Wildman–Crippen LogP) is 2.54. The van der Waals surface area contributed by atoms with Gasteiger partial charge in [-0.1, -0.05) is 0 Å².